The minimum Gasteiger partial charge on any atom is -0.0622 e. The molecular formula is C30H22. The molecule has 0 unspecified atom stereocenters. The monoisotopic (exact) mass is 382 g/mol. The molecule has 4 rings (SSSR count). The minimum absolute atomic E-state index is 1.00. The molecule has 0 aromatic heterocycles. The summed E-state index contributed by atoms with van der Waals surface area (Å²) in [7, 11) is 0. The summed E-state index contributed by atoms with van der Waals surface area (Å²) in [5.41, 5.74) is 6.53. The maximum absolute atomic E-state index is 3.53. The van der Waals surface area contributed by atoms with Gasteiger partial charge in [-0.25, -0.2) is 0 Å². The van der Waals surface area contributed by atoms with Gasteiger partial charge in [-0.3, -0.25) is 0 Å². The highest BCUT2D eigenvalue weighted by atomic mass is 14.0. The molecule has 0 aliphatic carbocycles. The van der Waals surface area contributed by atoms with Crippen LogP contribution < -0.4 is 0 Å². The Labute approximate surface area is 179 Å². The highest BCUT2D eigenvalue weighted by molar-refractivity contribution is 5.81. The average Bonchev–Trinajstić information content (AvgIpc) is 2.82. The van der Waals surface area contributed by atoms with Crippen molar-refractivity contribution in [3.8, 4) is 0 Å². The van der Waals surface area contributed by atoms with Gasteiger partial charge in [0.05, 0.1) is 0 Å². The zero-order valence-electron chi connectivity index (χ0n) is 16.7. The third kappa shape index (κ3) is 5.56. The molecule has 2 radical (unpaired) electrons. The lowest BCUT2D eigenvalue weighted by Gasteiger charge is -2.03. The van der Waals surface area contributed by atoms with Crippen LogP contribution in [0.25, 0.3) is 36.5 Å². The van der Waals surface area contributed by atoms with E-state index < -0.39 is 0 Å². The number of hydrogen-bond donors (Lipinski definition) is 0. The van der Waals surface area contributed by atoms with E-state index in [0.29, 0.717) is 0 Å². The van der Waals surface area contributed by atoms with Crippen LogP contribution >= 0.6 is 0 Å². The van der Waals surface area contributed by atoms with E-state index in [1.165, 1.54) is 5.56 Å². The van der Waals surface area contributed by atoms with E-state index in [2.05, 4.69) is 85.0 Å². The molecule has 0 heteroatoms. The second-order valence-corrected chi connectivity index (χ2v) is 6.93. The molecule has 0 fully saturated rings. The van der Waals surface area contributed by atoms with E-state index in [-0.39, 0.29) is 0 Å². The molecule has 0 heterocycles. The molecule has 0 aliphatic heterocycles. The largest absolute Gasteiger partial charge is 0.0622 e. The van der Waals surface area contributed by atoms with Gasteiger partial charge in [0.2, 0.25) is 0 Å². The maximum Gasteiger partial charge on any atom is -0.00201 e. The standard InChI is InChI=1S/C30H22/c1-4-10-25(11-5-1)16-17-28-20-22-29(21-18-26-12-6-2-7-13-26)30(24-28)23-19-27-14-8-3-9-15-27/h1-21,23H/b17-16+,21-18+,23-19+. The van der Waals surface area contributed by atoms with Crippen LogP contribution in [-0.2, 0) is 0 Å². The first-order chi connectivity index (χ1) is 14.9. The number of hydrogen-bond acceptors (Lipinski definition) is 0. The Bertz CT molecular complexity index is 1150. The predicted molar refractivity (Wildman–Crippen MR) is 130 cm³/mol. The molecule has 30 heavy (non-hydrogen) atoms. The van der Waals surface area contributed by atoms with Gasteiger partial charge in [-0.2, -0.15) is 0 Å². The zero-order chi connectivity index (χ0) is 20.4. The Balaban J connectivity index is 1.65. The SMILES string of the molecule is [c]1cc(/C=C/c2ccccc2)[c]c(/C=C/c2ccccc2)c1/C=C/c1ccccc1. The number of rotatable bonds is 6. The van der Waals surface area contributed by atoms with Crippen LogP contribution in [0.4, 0.5) is 0 Å². The lowest BCUT2D eigenvalue weighted by molar-refractivity contribution is 1.55. The van der Waals surface area contributed by atoms with Crippen molar-refractivity contribution in [2.45, 2.75) is 0 Å². The summed E-state index contributed by atoms with van der Waals surface area (Å²) in [6.07, 6.45) is 12.6. The fourth-order valence-electron chi connectivity index (χ4n) is 3.09. The smallest absolute Gasteiger partial charge is 0.00201 e. The third-order valence-corrected chi connectivity index (χ3v) is 4.69. The Kier molecular flexibility index (Phi) is 6.50. The first kappa shape index (κ1) is 19.4. The minimum atomic E-state index is 1.00. The summed E-state index contributed by atoms with van der Waals surface area (Å²) in [4.78, 5) is 0. The Morgan fingerprint density at radius 1 is 0.433 bits per heavy atom. The highest BCUT2D eigenvalue weighted by Crippen LogP contribution is 2.19. The van der Waals surface area contributed by atoms with Gasteiger partial charge in [0.25, 0.3) is 0 Å². The Morgan fingerprint density at radius 2 is 0.867 bits per heavy atom. The van der Waals surface area contributed by atoms with Gasteiger partial charge >= 0.3 is 0 Å². The van der Waals surface area contributed by atoms with Crippen molar-refractivity contribution in [2.24, 2.45) is 0 Å². The Morgan fingerprint density at radius 3 is 1.37 bits per heavy atom. The van der Waals surface area contributed by atoms with E-state index in [1.54, 1.807) is 0 Å². The van der Waals surface area contributed by atoms with E-state index in [9.17, 15) is 0 Å². The van der Waals surface area contributed by atoms with E-state index in [1.807, 2.05) is 60.7 Å². The second kappa shape index (κ2) is 10.0. The molecule has 0 spiro atoms. The van der Waals surface area contributed by atoms with Gasteiger partial charge in [-0.1, -0.05) is 127 Å². The van der Waals surface area contributed by atoms with Crippen LogP contribution in [0.5, 0.6) is 0 Å². The molecule has 0 bridgehead atoms. The van der Waals surface area contributed by atoms with Crippen LogP contribution in [0, 0.1) is 12.1 Å². The molecule has 0 atom stereocenters. The maximum atomic E-state index is 3.53. The summed E-state index contributed by atoms with van der Waals surface area (Å²) in [5.74, 6) is 0. The number of benzene rings is 4. The second-order valence-electron chi connectivity index (χ2n) is 6.93. The fraction of sp³-hybridized carbons (Fsp3) is 0. The topological polar surface area (TPSA) is 0 Å². The van der Waals surface area contributed by atoms with Gasteiger partial charge in [-0.15, -0.1) is 0 Å². The van der Waals surface area contributed by atoms with Crippen molar-refractivity contribution >= 4 is 36.5 Å². The third-order valence-electron chi connectivity index (χ3n) is 4.69. The van der Waals surface area contributed by atoms with Crippen molar-refractivity contribution < 1.29 is 0 Å². The quantitative estimate of drug-likeness (QED) is 0.298. The summed E-state index contributed by atoms with van der Waals surface area (Å²) in [6.45, 7) is 0. The summed E-state index contributed by atoms with van der Waals surface area (Å²) in [5, 5.41) is 0. The lowest BCUT2D eigenvalue weighted by Crippen LogP contribution is -1.85. The molecule has 4 aromatic rings. The van der Waals surface area contributed by atoms with Crippen LogP contribution in [0.1, 0.15) is 33.4 Å². The molecule has 0 saturated carbocycles. The van der Waals surface area contributed by atoms with E-state index in [4.69, 9.17) is 0 Å². The normalized spacial score (nSPS) is 11.6. The van der Waals surface area contributed by atoms with Crippen molar-refractivity contribution in [3.63, 3.8) is 0 Å². The van der Waals surface area contributed by atoms with Crippen molar-refractivity contribution in [1.29, 1.82) is 0 Å². The lowest BCUT2D eigenvalue weighted by atomic mass is 10.0. The summed E-state index contributed by atoms with van der Waals surface area (Å²) in [6, 6.07) is 39.9. The molecule has 0 amide bonds. The predicted octanol–water partition coefficient (Wildman–Crippen LogP) is 7.80. The van der Waals surface area contributed by atoms with E-state index in [0.717, 1.165) is 27.8 Å². The van der Waals surface area contributed by atoms with Gasteiger partial charge in [0.15, 0.2) is 0 Å². The molecular weight excluding hydrogens is 360 g/mol. The van der Waals surface area contributed by atoms with E-state index >= 15 is 0 Å². The molecule has 142 valence electrons. The van der Waals surface area contributed by atoms with Gasteiger partial charge in [0.1, 0.15) is 0 Å². The summed E-state index contributed by atoms with van der Waals surface area (Å²) < 4.78 is 0. The molecule has 0 N–H and O–H groups in total. The van der Waals surface area contributed by atoms with Crippen molar-refractivity contribution in [3.05, 3.63) is 143 Å². The molecule has 0 aliphatic rings. The van der Waals surface area contributed by atoms with Crippen LogP contribution in [0.3, 0.4) is 0 Å². The van der Waals surface area contributed by atoms with Gasteiger partial charge < -0.3 is 0 Å². The van der Waals surface area contributed by atoms with Gasteiger partial charge in [0, 0.05) is 0 Å². The van der Waals surface area contributed by atoms with Crippen LogP contribution in [0.15, 0.2) is 97.1 Å². The van der Waals surface area contributed by atoms with Crippen LogP contribution in [0.2, 0.25) is 0 Å². The summed E-state index contributed by atoms with van der Waals surface area (Å²) >= 11 is 0. The van der Waals surface area contributed by atoms with Crippen molar-refractivity contribution in [1.82, 2.24) is 0 Å². The average molecular weight is 383 g/mol. The molecule has 0 nitrogen and oxygen atoms in total. The fourth-order valence-corrected chi connectivity index (χ4v) is 3.09. The highest BCUT2D eigenvalue weighted by Gasteiger charge is 2.00. The first-order valence-electron chi connectivity index (χ1n) is 10.0. The molecule has 4 aromatic carbocycles. The van der Waals surface area contributed by atoms with Crippen molar-refractivity contribution in [2.75, 3.05) is 0 Å². The Hall–Kier alpha value is -3.90. The van der Waals surface area contributed by atoms with Gasteiger partial charge in [-0.05, 0) is 51.6 Å². The van der Waals surface area contributed by atoms with Crippen LogP contribution in [-0.4, -0.2) is 0 Å². The first-order valence-corrected chi connectivity index (χ1v) is 10.0. The zero-order valence-corrected chi connectivity index (χ0v) is 16.7. The molecule has 0 saturated heterocycles.